The van der Waals surface area contributed by atoms with Crippen LogP contribution >= 0.6 is 12.4 Å². The Morgan fingerprint density at radius 1 is 1.33 bits per heavy atom. The maximum atomic E-state index is 5.83. The Kier molecular flexibility index (Phi) is 3.07. The summed E-state index contributed by atoms with van der Waals surface area (Å²) in [6, 6.07) is 1.82. The molecule has 1 saturated carbocycles. The number of piperidine rings is 2. The largest absolute Gasteiger partial charge is 0.474 e. The van der Waals surface area contributed by atoms with E-state index in [0.717, 1.165) is 13.1 Å². The van der Waals surface area contributed by atoms with Gasteiger partial charge in [0.2, 0.25) is 5.88 Å². The van der Waals surface area contributed by atoms with Crippen LogP contribution in [0.1, 0.15) is 6.42 Å². The highest BCUT2D eigenvalue weighted by molar-refractivity contribution is 5.85. The molecule has 1 N–H and O–H groups in total. The molecule has 1 aliphatic heterocycles. The van der Waals surface area contributed by atoms with E-state index in [4.69, 9.17) is 4.74 Å². The van der Waals surface area contributed by atoms with Gasteiger partial charge in [-0.15, -0.1) is 12.4 Å². The van der Waals surface area contributed by atoms with Gasteiger partial charge in [-0.1, -0.05) is 0 Å². The second-order valence-electron chi connectivity index (χ2n) is 4.04. The summed E-state index contributed by atoms with van der Waals surface area (Å²) >= 11 is 0. The van der Waals surface area contributed by atoms with Gasteiger partial charge in [0, 0.05) is 37.2 Å². The van der Waals surface area contributed by atoms with Crippen LogP contribution in [0.5, 0.6) is 5.88 Å². The first-order chi connectivity index (χ1) is 6.93. The lowest BCUT2D eigenvalue weighted by atomic mass is 9.69. The molecule has 2 aliphatic rings. The first kappa shape index (κ1) is 10.6. The molecule has 2 bridgehead atoms. The molecule has 0 spiro atoms. The normalized spacial score (nSPS) is 32.4. The van der Waals surface area contributed by atoms with Crippen LogP contribution < -0.4 is 10.1 Å². The van der Waals surface area contributed by atoms with Crippen molar-refractivity contribution < 1.29 is 4.74 Å². The average Bonchev–Trinajstić information content (AvgIpc) is 2.28. The van der Waals surface area contributed by atoms with E-state index in [1.807, 2.05) is 6.07 Å². The number of hydrogen-bond acceptors (Lipinski definition) is 4. The van der Waals surface area contributed by atoms with Crippen LogP contribution in [0.15, 0.2) is 18.6 Å². The molecule has 82 valence electrons. The summed E-state index contributed by atoms with van der Waals surface area (Å²) in [5.74, 6) is 2.08. The zero-order valence-corrected chi connectivity index (χ0v) is 9.11. The van der Waals surface area contributed by atoms with Gasteiger partial charge in [-0.2, -0.15) is 0 Å². The predicted octanol–water partition coefficient (Wildman–Crippen LogP) is 0.885. The third-order valence-corrected chi connectivity index (χ3v) is 3.16. The summed E-state index contributed by atoms with van der Waals surface area (Å²) in [6.45, 7) is 2.18. The van der Waals surface area contributed by atoms with Crippen molar-refractivity contribution in [2.75, 3.05) is 13.1 Å². The maximum Gasteiger partial charge on any atom is 0.216 e. The zero-order chi connectivity index (χ0) is 9.38. The molecule has 1 unspecified atom stereocenters. The van der Waals surface area contributed by atoms with E-state index < -0.39 is 0 Å². The van der Waals surface area contributed by atoms with Crippen molar-refractivity contribution in [1.29, 1.82) is 0 Å². The fourth-order valence-electron chi connectivity index (χ4n) is 2.38. The maximum absolute atomic E-state index is 5.83. The highest BCUT2D eigenvalue weighted by Crippen LogP contribution is 2.38. The van der Waals surface area contributed by atoms with Gasteiger partial charge in [0.1, 0.15) is 12.4 Å². The van der Waals surface area contributed by atoms with Crippen molar-refractivity contribution in [3.05, 3.63) is 18.6 Å². The molecule has 5 heteroatoms. The third-order valence-electron chi connectivity index (χ3n) is 3.16. The van der Waals surface area contributed by atoms with Crippen LogP contribution in [0.2, 0.25) is 0 Å². The van der Waals surface area contributed by atoms with E-state index in [-0.39, 0.29) is 12.4 Å². The minimum Gasteiger partial charge on any atom is -0.474 e. The molecule has 0 radical (unpaired) electrons. The minimum atomic E-state index is 0. The van der Waals surface area contributed by atoms with Crippen molar-refractivity contribution in [3.63, 3.8) is 0 Å². The predicted molar refractivity (Wildman–Crippen MR) is 58.2 cm³/mol. The number of ether oxygens (including phenoxy) is 1. The number of nitrogens with zero attached hydrogens (tertiary/aromatic N) is 2. The topological polar surface area (TPSA) is 47.0 Å². The van der Waals surface area contributed by atoms with Gasteiger partial charge in [-0.25, -0.2) is 9.97 Å². The molecule has 1 aliphatic carbocycles. The number of hydrogen-bond donors (Lipinski definition) is 1. The monoisotopic (exact) mass is 227 g/mol. The molecule has 3 rings (SSSR count). The fourth-order valence-corrected chi connectivity index (χ4v) is 2.38. The van der Waals surface area contributed by atoms with Gasteiger partial charge >= 0.3 is 0 Å². The molecule has 1 saturated heterocycles. The number of aromatic nitrogens is 2. The molecule has 2 heterocycles. The number of halogens is 1. The molecule has 0 amide bonds. The lowest BCUT2D eigenvalue weighted by Gasteiger charge is -2.48. The first-order valence-corrected chi connectivity index (χ1v) is 5.07. The molecule has 3 atom stereocenters. The highest BCUT2D eigenvalue weighted by Gasteiger charge is 2.45. The Labute approximate surface area is 94.9 Å². The van der Waals surface area contributed by atoms with Gasteiger partial charge in [0.25, 0.3) is 0 Å². The third kappa shape index (κ3) is 1.92. The van der Waals surface area contributed by atoms with E-state index in [9.17, 15) is 0 Å². The summed E-state index contributed by atoms with van der Waals surface area (Å²) < 4.78 is 5.83. The Balaban J connectivity index is 0.000000853. The Morgan fingerprint density at radius 3 is 2.73 bits per heavy atom. The van der Waals surface area contributed by atoms with E-state index in [2.05, 4.69) is 15.3 Å². The van der Waals surface area contributed by atoms with Gasteiger partial charge in [0.15, 0.2) is 0 Å². The standard InChI is InChI=1S/C10H13N3O.ClH/c1-2-11-6-13-9(1)14-10-7-3-8(10)5-12-4-7;/h1-2,6-8,10,12H,3-5H2;1H/t7-,8+,10?;. The van der Waals surface area contributed by atoms with E-state index in [1.54, 1.807) is 6.20 Å². The molecule has 1 aromatic rings. The zero-order valence-electron chi connectivity index (χ0n) is 8.30. The molecule has 15 heavy (non-hydrogen) atoms. The van der Waals surface area contributed by atoms with Crippen LogP contribution in [0.4, 0.5) is 0 Å². The number of fused-ring (bicyclic) bond motifs is 2. The van der Waals surface area contributed by atoms with E-state index in [0.29, 0.717) is 23.8 Å². The molecular weight excluding hydrogens is 214 g/mol. The molecule has 0 aromatic carbocycles. The summed E-state index contributed by atoms with van der Waals surface area (Å²) in [5.41, 5.74) is 0. The lowest BCUT2D eigenvalue weighted by molar-refractivity contribution is -0.0470. The second-order valence-corrected chi connectivity index (χ2v) is 4.04. The smallest absolute Gasteiger partial charge is 0.216 e. The van der Waals surface area contributed by atoms with Crippen molar-refractivity contribution >= 4 is 12.4 Å². The van der Waals surface area contributed by atoms with Crippen molar-refractivity contribution in [1.82, 2.24) is 15.3 Å². The molecule has 4 nitrogen and oxygen atoms in total. The molecule has 1 aromatic heterocycles. The second kappa shape index (κ2) is 4.33. The fraction of sp³-hybridized carbons (Fsp3) is 0.600. The first-order valence-electron chi connectivity index (χ1n) is 5.07. The highest BCUT2D eigenvalue weighted by atomic mass is 35.5. The lowest BCUT2D eigenvalue weighted by Crippen LogP contribution is -2.59. The quantitative estimate of drug-likeness (QED) is 0.815. The van der Waals surface area contributed by atoms with E-state index in [1.165, 1.54) is 12.7 Å². The van der Waals surface area contributed by atoms with Crippen LogP contribution in [0.3, 0.4) is 0 Å². The van der Waals surface area contributed by atoms with Crippen LogP contribution in [0.25, 0.3) is 0 Å². The van der Waals surface area contributed by atoms with Gasteiger partial charge in [-0.3, -0.25) is 0 Å². The van der Waals surface area contributed by atoms with E-state index >= 15 is 0 Å². The molecular formula is C10H14ClN3O. The Bertz CT molecular complexity index is 308. The Hall–Kier alpha value is -0.870. The van der Waals surface area contributed by atoms with Crippen molar-refractivity contribution in [2.24, 2.45) is 11.8 Å². The van der Waals surface area contributed by atoms with Gasteiger partial charge < -0.3 is 10.1 Å². The van der Waals surface area contributed by atoms with Crippen LogP contribution in [0, 0.1) is 11.8 Å². The van der Waals surface area contributed by atoms with Crippen molar-refractivity contribution in [2.45, 2.75) is 12.5 Å². The summed E-state index contributed by atoms with van der Waals surface area (Å²) in [6.07, 6.45) is 4.94. The molecule has 2 fully saturated rings. The summed E-state index contributed by atoms with van der Waals surface area (Å²) in [7, 11) is 0. The van der Waals surface area contributed by atoms with Gasteiger partial charge in [0.05, 0.1) is 0 Å². The Morgan fingerprint density at radius 2 is 2.13 bits per heavy atom. The average molecular weight is 228 g/mol. The van der Waals surface area contributed by atoms with Gasteiger partial charge in [-0.05, 0) is 6.42 Å². The van der Waals surface area contributed by atoms with Crippen LogP contribution in [-0.2, 0) is 0 Å². The minimum absolute atomic E-state index is 0. The van der Waals surface area contributed by atoms with Crippen LogP contribution in [-0.4, -0.2) is 29.2 Å². The number of rotatable bonds is 2. The SMILES string of the molecule is Cl.c1cc(OC2[C@@H]3CNC[C@H]2C3)ncn1. The summed E-state index contributed by atoms with van der Waals surface area (Å²) in [5, 5.41) is 3.39. The van der Waals surface area contributed by atoms with Crippen molar-refractivity contribution in [3.8, 4) is 5.88 Å². The summed E-state index contributed by atoms with van der Waals surface area (Å²) in [4.78, 5) is 7.94. The number of nitrogens with one attached hydrogen (secondary N) is 1.